The average Bonchev–Trinajstić information content (AvgIpc) is 3.11. The smallest absolute Gasteiger partial charge is 0.322 e. The highest BCUT2D eigenvalue weighted by Crippen LogP contribution is 2.11. The third kappa shape index (κ3) is 19.3. The van der Waals surface area contributed by atoms with Crippen LogP contribution >= 0.6 is 11.9 Å². The minimum atomic E-state index is -1.53. The highest BCUT2D eigenvalue weighted by molar-refractivity contribution is 7.97. The maximum absolute atomic E-state index is 13.9. The molecule has 0 unspecified atom stereocenters. The molecule has 304 valence electrons. The van der Waals surface area contributed by atoms with Crippen molar-refractivity contribution in [3.8, 4) is 0 Å². The molecule has 12 N–H and O–H groups in total. The van der Waals surface area contributed by atoms with Crippen molar-refractivity contribution >= 4 is 65.2 Å². The van der Waals surface area contributed by atoms with Gasteiger partial charge in [0.25, 0.3) is 0 Å². The maximum Gasteiger partial charge on any atom is 0.322 e. The van der Waals surface area contributed by atoms with E-state index in [2.05, 4.69) is 36.5 Å². The monoisotopic (exact) mass is 795 g/mol. The van der Waals surface area contributed by atoms with Crippen molar-refractivity contribution in [3.63, 3.8) is 0 Å². The summed E-state index contributed by atoms with van der Waals surface area (Å²) < 4.78 is 2.57. The largest absolute Gasteiger partial charge is 0.481 e. The molecule has 0 radical (unpaired) electrons. The average molecular weight is 796 g/mol. The molecule has 0 aliphatic rings. The summed E-state index contributed by atoms with van der Waals surface area (Å²) in [6.45, 7) is 4.07. The van der Waals surface area contributed by atoms with Crippen LogP contribution < -0.4 is 43.4 Å². The molecule has 0 aliphatic heterocycles. The van der Waals surface area contributed by atoms with Gasteiger partial charge in [0, 0.05) is 41.5 Å². The highest BCUT2D eigenvalue weighted by atomic mass is 32.2. The number of carboxylic acid groups (broad SMARTS) is 2. The molecule has 22 heteroatoms. The second kappa shape index (κ2) is 24.6. The zero-order valence-corrected chi connectivity index (χ0v) is 31.4. The third-order valence-corrected chi connectivity index (χ3v) is 8.25. The number of hydrogen-bond acceptors (Lipinski definition) is 13. The SMILES string of the molecule is CC(C)C[C@H](NC(=O)[C@H](C)NC(=O)[C@@H](N)CCC(=O)O)C(=O)N[C@@H](Cc1ccccc1)C(=O)N[C@@H](CCC(N)=O)C(=O)N[C@@H](CSN=O)C(=O)NCC(=O)O. The predicted octanol–water partition coefficient (Wildman–Crippen LogP) is -2.21. The van der Waals surface area contributed by atoms with Gasteiger partial charge in [-0.3, -0.25) is 43.2 Å². The first-order valence-electron chi connectivity index (χ1n) is 17.1. The van der Waals surface area contributed by atoms with E-state index < -0.39 is 108 Å². The van der Waals surface area contributed by atoms with Gasteiger partial charge in [-0.05, 0) is 37.7 Å². The van der Waals surface area contributed by atoms with Gasteiger partial charge in [0.05, 0.1) is 6.04 Å². The number of benzene rings is 1. The molecule has 6 atom stereocenters. The molecule has 1 aromatic carbocycles. The number of nitrogens with one attached hydrogen (secondary N) is 6. The van der Waals surface area contributed by atoms with Gasteiger partial charge in [-0.25, -0.2) is 0 Å². The molecular formula is C33H49N9O12S. The van der Waals surface area contributed by atoms with Crippen molar-refractivity contribution in [2.75, 3.05) is 12.3 Å². The van der Waals surface area contributed by atoms with Gasteiger partial charge in [-0.2, -0.15) is 0 Å². The number of carboxylic acids is 2. The van der Waals surface area contributed by atoms with E-state index in [0.29, 0.717) is 17.5 Å². The molecule has 0 spiro atoms. The lowest BCUT2D eigenvalue weighted by Gasteiger charge is -2.27. The fourth-order valence-electron chi connectivity index (χ4n) is 4.80. The summed E-state index contributed by atoms with van der Waals surface area (Å²) in [6.07, 6.45) is -1.35. The zero-order chi connectivity index (χ0) is 41.7. The number of hydrogen-bond donors (Lipinski definition) is 10. The van der Waals surface area contributed by atoms with Crippen molar-refractivity contribution in [2.24, 2.45) is 22.0 Å². The number of nitrogens with two attached hydrogens (primary N) is 2. The molecule has 55 heavy (non-hydrogen) atoms. The predicted molar refractivity (Wildman–Crippen MR) is 197 cm³/mol. The number of primary amides is 1. The quantitative estimate of drug-likeness (QED) is 0.0351. The van der Waals surface area contributed by atoms with Crippen LogP contribution in [0.1, 0.15) is 58.4 Å². The van der Waals surface area contributed by atoms with Crippen molar-refractivity contribution in [1.82, 2.24) is 31.9 Å². The van der Waals surface area contributed by atoms with E-state index in [1.54, 1.807) is 44.2 Å². The van der Waals surface area contributed by atoms with Gasteiger partial charge in [0.1, 0.15) is 36.8 Å². The summed E-state index contributed by atoms with van der Waals surface area (Å²) in [5.41, 5.74) is 11.6. The molecule has 21 nitrogen and oxygen atoms in total. The Kier molecular flexibility index (Phi) is 21.2. The first kappa shape index (κ1) is 47.4. The van der Waals surface area contributed by atoms with Crippen molar-refractivity contribution in [2.45, 2.75) is 95.5 Å². The van der Waals surface area contributed by atoms with Gasteiger partial charge < -0.3 is 53.6 Å². The molecule has 0 saturated heterocycles. The molecule has 0 aliphatic carbocycles. The second-order valence-electron chi connectivity index (χ2n) is 12.8. The van der Waals surface area contributed by atoms with Crippen LogP contribution in [0, 0.1) is 10.8 Å². The molecule has 0 fully saturated rings. The van der Waals surface area contributed by atoms with Crippen molar-refractivity contribution in [1.29, 1.82) is 0 Å². The second-order valence-corrected chi connectivity index (χ2v) is 13.6. The lowest BCUT2D eigenvalue weighted by atomic mass is 10.00. The molecule has 7 amide bonds. The Morgan fingerprint density at radius 3 is 1.82 bits per heavy atom. The van der Waals surface area contributed by atoms with Crippen LogP contribution in [0.5, 0.6) is 0 Å². The van der Waals surface area contributed by atoms with E-state index in [4.69, 9.17) is 21.7 Å². The Morgan fingerprint density at radius 1 is 0.691 bits per heavy atom. The Morgan fingerprint density at radius 2 is 1.25 bits per heavy atom. The van der Waals surface area contributed by atoms with Gasteiger partial charge >= 0.3 is 11.9 Å². The number of amides is 7. The van der Waals surface area contributed by atoms with Crippen LogP contribution in [-0.2, 0) is 49.6 Å². The van der Waals surface area contributed by atoms with Crippen LogP contribution in [0.2, 0.25) is 0 Å². The van der Waals surface area contributed by atoms with E-state index in [-0.39, 0.29) is 38.0 Å². The first-order valence-corrected chi connectivity index (χ1v) is 18.0. The Bertz CT molecular complexity index is 1530. The van der Waals surface area contributed by atoms with E-state index >= 15 is 0 Å². The van der Waals surface area contributed by atoms with Crippen LogP contribution in [0.3, 0.4) is 0 Å². The molecular weight excluding hydrogens is 746 g/mol. The fraction of sp³-hybridized carbons (Fsp3) is 0.545. The number of carbonyl (C=O) groups excluding carboxylic acids is 7. The lowest BCUT2D eigenvalue weighted by Crippen LogP contribution is -2.60. The van der Waals surface area contributed by atoms with E-state index in [1.807, 2.05) is 0 Å². The van der Waals surface area contributed by atoms with E-state index in [9.17, 15) is 48.1 Å². The number of carbonyl (C=O) groups is 9. The van der Waals surface area contributed by atoms with E-state index in [1.165, 1.54) is 6.92 Å². The minimum absolute atomic E-state index is 0.0820. The first-order chi connectivity index (χ1) is 25.8. The number of aliphatic carboxylic acids is 2. The molecule has 0 saturated carbocycles. The van der Waals surface area contributed by atoms with E-state index in [0.717, 1.165) is 0 Å². The maximum atomic E-state index is 13.9. The topological polar surface area (TPSA) is 348 Å². The Labute approximate surface area is 320 Å². The molecule has 0 aromatic heterocycles. The highest BCUT2D eigenvalue weighted by Gasteiger charge is 2.33. The molecule has 0 bridgehead atoms. The Balaban J connectivity index is 3.32. The van der Waals surface area contributed by atoms with Gasteiger partial charge in [-0.1, -0.05) is 44.2 Å². The number of nitroso groups, excluding NO2 is 1. The van der Waals surface area contributed by atoms with Crippen LogP contribution in [0.4, 0.5) is 0 Å². The zero-order valence-electron chi connectivity index (χ0n) is 30.6. The molecule has 1 rings (SSSR count). The van der Waals surface area contributed by atoms with Gasteiger partial charge in [-0.15, -0.1) is 4.91 Å². The Hall–Kier alpha value is -5.64. The lowest BCUT2D eigenvalue weighted by molar-refractivity contribution is -0.138. The summed E-state index contributed by atoms with van der Waals surface area (Å²) >= 11 is 0.359. The number of nitrogens with zero attached hydrogens (tertiary/aromatic N) is 1. The summed E-state index contributed by atoms with van der Waals surface area (Å²) in [5, 5.41) is 32.1. The van der Waals surface area contributed by atoms with Gasteiger partial charge in [0.15, 0.2) is 0 Å². The van der Waals surface area contributed by atoms with Crippen LogP contribution in [0.25, 0.3) is 0 Å². The molecule has 1 aromatic rings. The third-order valence-electron chi connectivity index (χ3n) is 7.67. The summed E-state index contributed by atoms with van der Waals surface area (Å²) in [7, 11) is 0. The van der Waals surface area contributed by atoms with Crippen molar-refractivity contribution < 1.29 is 53.4 Å². The number of rotatable bonds is 26. The van der Waals surface area contributed by atoms with Crippen molar-refractivity contribution in [3.05, 3.63) is 40.8 Å². The fourth-order valence-corrected chi connectivity index (χ4v) is 5.25. The minimum Gasteiger partial charge on any atom is -0.481 e. The van der Waals surface area contributed by atoms with Crippen LogP contribution in [0.15, 0.2) is 34.9 Å². The van der Waals surface area contributed by atoms with Crippen LogP contribution in [-0.4, -0.2) is 112 Å². The molecule has 0 heterocycles. The summed E-state index contributed by atoms with van der Waals surface area (Å²) in [5.74, 6) is -9.22. The standard InChI is InChI=1S/C33H49N9O12S/c1-17(2)13-22(39-28(48)18(3)37-29(49)20(34)9-12-26(44)45)32(52)40-23(14-19-7-5-4-6-8-19)33(53)38-21(10-11-25(35)43)31(51)41-24(16-55-42-54)30(50)36-15-27(46)47/h4-8,17-18,20-24H,9-16,34H2,1-3H3,(H2,35,43)(H,36,50)(H,37,49)(H,38,53)(H,39,48)(H,40,52)(H,41,51)(H,44,45)(H,46,47)/t18-,20-,21-,22-,23-,24-/m0/s1. The summed E-state index contributed by atoms with van der Waals surface area (Å²) in [4.78, 5) is 123. The van der Waals surface area contributed by atoms with Gasteiger partial charge in [0.2, 0.25) is 41.4 Å². The normalized spacial score (nSPS) is 14.1. The summed E-state index contributed by atoms with van der Waals surface area (Å²) in [6, 6.07) is 0.366.